The number of thioether (sulfide) groups is 1. The minimum absolute atomic E-state index is 0.0607. The van der Waals surface area contributed by atoms with Crippen molar-refractivity contribution in [3.05, 3.63) is 24.1 Å². The van der Waals surface area contributed by atoms with Crippen molar-refractivity contribution in [1.82, 2.24) is 20.3 Å². The minimum atomic E-state index is -2.94. The molecule has 8 nitrogen and oxygen atoms in total. The molecule has 166 valence electrons. The molecule has 0 radical (unpaired) electrons. The van der Waals surface area contributed by atoms with Crippen molar-refractivity contribution in [3.63, 3.8) is 0 Å². The number of hydrogen-bond donors (Lipinski definition) is 1. The molecule has 3 aromatic rings. The number of methoxy groups -OCH3 is 1. The highest BCUT2D eigenvalue weighted by Gasteiger charge is 2.17. The molecule has 1 fully saturated rings. The highest BCUT2D eigenvalue weighted by molar-refractivity contribution is 8.00. The largest absolute Gasteiger partial charge is 0.493 e. The lowest BCUT2D eigenvalue weighted by Crippen LogP contribution is -2.21. The summed E-state index contributed by atoms with van der Waals surface area (Å²) >= 11 is 2.97. The fraction of sp³-hybridized carbons (Fsp3) is 0.474. The summed E-state index contributed by atoms with van der Waals surface area (Å²) in [7, 11) is 1.37. The third-order valence-electron chi connectivity index (χ3n) is 4.76. The Kier molecular flexibility index (Phi) is 7.17. The van der Waals surface area contributed by atoms with Crippen LogP contribution in [0.1, 0.15) is 38.0 Å². The van der Waals surface area contributed by atoms with E-state index >= 15 is 0 Å². The standard InChI is InChI=1S/C19H21F2N5O3S2/c1-27-14-9-11(7-8-13(14)28-17(20)21)16-23-15(29-26-16)10-30-19-25-24-18(31-19)22-12-5-3-2-4-6-12/h7-9,12,17H,2-6,10H2,1H3,(H,22,24). The number of ether oxygens (including phenoxy) is 2. The number of halogens is 2. The van der Waals surface area contributed by atoms with Crippen LogP contribution in [0.15, 0.2) is 27.1 Å². The van der Waals surface area contributed by atoms with E-state index in [0.717, 1.165) is 9.47 Å². The van der Waals surface area contributed by atoms with Gasteiger partial charge in [-0.2, -0.15) is 13.8 Å². The first kappa shape index (κ1) is 21.8. The van der Waals surface area contributed by atoms with Gasteiger partial charge in [0.1, 0.15) is 0 Å². The molecule has 0 bridgehead atoms. The molecule has 1 aliphatic rings. The summed E-state index contributed by atoms with van der Waals surface area (Å²) in [6.45, 7) is -2.94. The molecule has 4 rings (SSSR count). The van der Waals surface area contributed by atoms with Crippen LogP contribution in [0.4, 0.5) is 13.9 Å². The van der Waals surface area contributed by atoms with Crippen LogP contribution in [-0.2, 0) is 5.75 Å². The highest BCUT2D eigenvalue weighted by Crippen LogP contribution is 2.34. The van der Waals surface area contributed by atoms with Crippen LogP contribution in [0.3, 0.4) is 0 Å². The molecule has 0 spiro atoms. The Morgan fingerprint density at radius 3 is 2.84 bits per heavy atom. The van der Waals surface area contributed by atoms with Crippen molar-refractivity contribution >= 4 is 28.2 Å². The average molecular weight is 470 g/mol. The van der Waals surface area contributed by atoms with Crippen molar-refractivity contribution < 1.29 is 22.8 Å². The number of nitrogens with one attached hydrogen (secondary N) is 1. The number of nitrogens with zero attached hydrogens (tertiary/aromatic N) is 4. The molecule has 1 aliphatic carbocycles. The molecule has 31 heavy (non-hydrogen) atoms. The van der Waals surface area contributed by atoms with E-state index in [1.807, 2.05) is 0 Å². The van der Waals surface area contributed by atoms with Crippen LogP contribution in [0, 0.1) is 0 Å². The van der Waals surface area contributed by atoms with Gasteiger partial charge in [-0.05, 0) is 31.0 Å². The molecule has 0 saturated heterocycles. The summed E-state index contributed by atoms with van der Waals surface area (Å²) in [5.41, 5.74) is 0.563. The van der Waals surface area contributed by atoms with Crippen molar-refractivity contribution in [1.29, 1.82) is 0 Å². The summed E-state index contributed by atoms with van der Waals surface area (Å²) in [6.07, 6.45) is 6.17. The molecule has 2 heterocycles. The molecule has 0 aliphatic heterocycles. The van der Waals surface area contributed by atoms with Gasteiger partial charge in [0.05, 0.1) is 12.9 Å². The number of benzene rings is 1. The first-order valence-electron chi connectivity index (χ1n) is 9.79. The van der Waals surface area contributed by atoms with E-state index in [-0.39, 0.29) is 11.5 Å². The molecule has 1 aromatic carbocycles. The summed E-state index contributed by atoms with van der Waals surface area (Å²) in [6, 6.07) is 4.95. The van der Waals surface area contributed by atoms with Crippen molar-refractivity contribution in [2.24, 2.45) is 0 Å². The van der Waals surface area contributed by atoms with Gasteiger partial charge < -0.3 is 19.3 Å². The first-order chi connectivity index (χ1) is 15.1. The van der Waals surface area contributed by atoms with Crippen molar-refractivity contribution in [2.75, 3.05) is 12.4 Å². The summed E-state index contributed by atoms with van der Waals surface area (Å²) in [4.78, 5) is 4.36. The van der Waals surface area contributed by atoms with Gasteiger partial charge >= 0.3 is 6.61 Å². The van der Waals surface area contributed by atoms with E-state index in [0.29, 0.717) is 29.1 Å². The maximum atomic E-state index is 12.5. The maximum Gasteiger partial charge on any atom is 0.387 e. The van der Waals surface area contributed by atoms with Gasteiger partial charge in [0.2, 0.25) is 16.8 Å². The van der Waals surface area contributed by atoms with Gasteiger partial charge in [-0.15, -0.1) is 10.2 Å². The molecule has 0 atom stereocenters. The van der Waals surface area contributed by atoms with E-state index < -0.39 is 6.61 Å². The van der Waals surface area contributed by atoms with Gasteiger partial charge in [-0.25, -0.2) is 0 Å². The Morgan fingerprint density at radius 1 is 1.23 bits per heavy atom. The van der Waals surface area contributed by atoms with Gasteiger partial charge in [0.25, 0.3) is 0 Å². The highest BCUT2D eigenvalue weighted by atomic mass is 32.2. The lowest BCUT2D eigenvalue weighted by molar-refractivity contribution is -0.0512. The molecule has 0 unspecified atom stereocenters. The number of alkyl halides is 2. The van der Waals surface area contributed by atoms with Crippen molar-refractivity contribution in [3.8, 4) is 22.9 Å². The van der Waals surface area contributed by atoms with E-state index in [1.165, 1.54) is 74.4 Å². The maximum absolute atomic E-state index is 12.5. The smallest absolute Gasteiger partial charge is 0.387 e. The lowest BCUT2D eigenvalue weighted by Gasteiger charge is -2.21. The number of anilines is 1. The zero-order valence-electron chi connectivity index (χ0n) is 16.7. The Bertz CT molecular complexity index is 995. The molecular formula is C19H21F2N5O3S2. The van der Waals surface area contributed by atoms with Crippen LogP contribution in [0.5, 0.6) is 11.5 Å². The summed E-state index contributed by atoms with van der Waals surface area (Å²) in [5, 5.41) is 16.7. The normalized spacial score (nSPS) is 14.7. The van der Waals surface area contributed by atoms with Crippen LogP contribution >= 0.6 is 23.1 Å². The van der Waals surface area contributed by atoms with E-state index in [1.54, 1.807) is 6.07 Å². The molecule has 1 N–H and O–H groups in total. The lowest BCUT2D eigenvalue weighted by atomic mass is 9.96. The third-order valence-corrected chi connectivity index (χ3v) is 6.74. The van der Waals surface area contributed by atoms with Gasteiger partial charge in [-0.3, -0.25) is 0 Å². The monoisotopic (exact) mass is 469 g/mol. The van der Waals surface area contributed by atoms with Gasteiger partial charge in [0, 0.05) is 11.6 Å². The number of rotatable bonds is 9. The Labute approximate surface area is 185 Å². The van der Waals surface area contributed by atoms with Crippen molar-refractivity contribution in [2.45, 2.75) is 54.8 Å². The molecule has 0 amide bonds. The topological polar surface area (TPSA) is 95.2 Å². The van der Waals surface area contributed by atoms with Crippen LogP contribution < -0.4 is 14.8 Å². The zero-order chi connectivity index (χ0) is 21.6. The van der Waals surface area contributed by atoms with Gasteiger partial charge in [0.15, 0.2) is 15.8 Å². The molecule has 12 heteroatoms. The average Bonchev–Trinajstić information content (AvgIpc) is 3.42. The second-order valence-electron chi connectivity index (χ2n) is 6.90. The van der Waals surface area contributed by atoms with Gasteiger partial charge in [-0.1, -0.05) is 47.5 Å². The molecule has 1 saturated carbocycles. The second-order valence-corrected chi connectivity index (χ2v) is 9.10. The predicted molar refractivity (Wildman–Crippen MR) is 113 cm³/mol. The third kappa shape index (κ3) is 5.82. The van der Waals surface area contributed by atoms with Crippen LogP contribution in [-0.4, -0.2) is 40.1 Å². The van der Waals surface area contributed by atoms with E-state index in [2.05, 4.69) is 30.4 Å². The summed E-state index contributed by atoms with van der Waals surface area (Å²) in [5.74, 6) is 1.28. The summed E-state index contributed by atoms with van der Waals surface area (Å²) < 4.78 is 40.6. The van der Waals surface area contributed by atoms with E-state index in [9.17, 15) is 8.78 Å². The molecule has 2 aromatic heterocycles. The Morgan fingerprint density at radius 2 is 2.06 bits per heavy atom. The van der Waals surface area contributed by atoms with Crippen LogP contribution in [0.25, 0.3) is 11.4 Å². The minimum Gasteiger partial charge on any atom is -0.493 e. The fourth-order valence-electron chi connectivity index (χ4n) is 3.30. The quantitative estimate of drug-likeness (QED) is 0.422. The first-order valence-corrected chi connectivity index (χ1v) is 11.6. The van der Waals surface area contributed by atoms with E-state index in [4.69, 9.17) is 9.26 Å². The predicted octanol–water partition coefficient (Wildman–Crippen LogP) is 5.24. The second kappa shape index (κ2) is 10.2. The SMILES string of the molecule is COc1cc(-c2noc(CSc3nnc(NC4CCCCC4)s3)n2)ccc1OC(F)F. The Balaban J connectivity index is 1.35. The fourth-order valence-corrected chi connectivity index (χ4v) is 4.97. The van der Waals surface area contributed by atoms with Crippen LogP contribution in [0.2, 0.25) is 0 Å². The Hall–Kier alpha value is -2.47. The zero-order valence-corrected chi connectivity index (χ0v) is 18.3. The molecular weight excluding hydrogens is 448 g/mol. The number of hydrogen-bond acceptors (Lipinski definition) is 10. The number of aromatic nitrogens is 4.